The normalized spacial score (nSPS) is 24.3. The lowest BCUT2D eigenvalue weighted by Crippen LogP contribution is -2.53. The van der Waals surface area contributed by atoms with E-state index in [1.54, 1.807) is 24.3 Å². The van der Waals surface area contributed by atoms with Crippen LogP contribution in [-0.2, 0) is 4.79 Å². The van der Waals surface area contributed by atoms with Crippen molar-refractivity contribution in [2.24, 2.45) is 5.73 Å². The zero-order chi connectivity index (χ0) is 17.8. The van der Waals surface area contributed by atoms with Crippen molar-refractivity contribution in [1.82, 2.24) is 9.80 Å². The number of benzene rings is 1. The number of carbonyl (C=O) groups is 2. The molecule has 1 aliphatic heterocycles. The molecule has 7 nitrogen and oxygen atoms in total. The first-order valence-electron chi connectivity index (χ1n) is 8.77. The van der Waals surface area contributed by atoms with E-state index in [4.69, 9.17) is 10.5 Å². The molecule has 25 heavy (non-hydrogen) atoms. The molecule has 0 aromatic heterocycles. The number of primary amides is 1. The third-order valence-corrected chi connectivity index (χ3v) is 4.98. The highest BCUT2D eigenvalue weighted by molar-refractivity contribution is 5.94. The molecule has 136 valence electrons. The third-order valence-electron chi connectivity index (χ3n) is 4.98. The maximum absolute atomic E-state index is 12.7. The van der Waals surface area contributed by atoms with E-state index >= 15 is 0 Å². The molecule has 0 unspecified atom stereocenters. The molecule has 3 N–H and O–H groups in total. The van der Waals surface area contributed by atoms with Crippen LogP contribution in [0.2, 0.25) is 0 Å². The maximum atomic E-state index is 12.7. The molecule has 0 bridgehead atoms. The van der Waals surface area contributed by atoms with Gasteiger partial charge in [0.25, 0.3) is 11.8 Å². The van der Waals surface area contributed by atoms with E-state index in [1.165, 1.54) is 0 Å². The third kappa shape index (κ3) is 4.29. The number of ether oxygens (including phenoxy) is 1. The van der Waals surface area contributed by atoms with Gasteiger partial charge in [-0.25, -0.2) is 0 Å². The van der Waals surface area contributed by atoms with E-state index in [1.807, 2.05) is 4.90 Å². The van der Waals surface area contributed by atoms with Crippen LogP contribution in [0, 0.1) is 0 Å². The molecule has 1 aromatic rings. The fourth-order valence-electron chi connectivity index (χ4n) is 3.66. The molecule has 3 rings (SSSR count). The van der Waals surface area contributed by atoms with Gasteiger partial charge < -0.3 is 20.5 Å². The average molecular weight is 347 g/mol. The van der Waals surface area contributed by atoms with Crippen molar-refractivity contribution < 1.29 is 19.4 Å². The topological polar surface area (TPSA) is 96.1 Å². The van der Waals surface area contributed by atoms with E-state index in [-0.39, 0.29) is 24.7 Å². The largest absolute Gasteiger partial charge is 0.484 e. The van der Waals surface area contributed by atoms with Crippen molar-refractivity contribution >= 4 is 11.8 Å². The van der Waals surface area contributed by atoms with Gasteiger partial charge in [0, 0.05) is 37.8 Å². The Balaban J connectivity index is 1.57. The summed E-state index contributed by atoms with van der Waals surface area (Å²) in [6.07, 6.45) is 2.75. The van der Waals surface area contributed by atoms with Crippen LogP contribution in [-0.4, -0.2) is 71.7 Å². The number of piperazine rings is 1. The fourth-order valence-corrected chi connectivity index (χ4v) is 3.66. The van der Waals surface area contributed by atoms with Gasteiger partial charge in [-0.3, -0.25) is 14.5 Å². The predicted molar refractivity (Wildman–Crippen MR) is 92.3 cm³/mol. The van der Waals surface area contributed by atoms with Crippen LogP contribution in [0.5, 0.6) is 5.75 Å². The molecular weight excluding hydrogens is 322 g/mol. The number of hydrogen-bond donors (Lipinski definition) is 2. The summed E-state index contributed by atoms with van der Waals surface area (Å²) >= 11 is 0. The highest BCUT2D eigenvalue weighted by atomic mass is 16.5. The Morgan fingerprint density at radius 2 is 1.96 bits per heavy atom. The second-order valence-corrected chi connectivity index (χ2v) is 6.68. The zero-order valence-electron chi connectivity index (χ0n) is 14.3. The van der Waals surface area contributed by atoms with Crippen LogP contribution in [0.4, 0.5) is 0 Å². The monoisotopic (exact) mass is 347 g/mol. The first kappa shape index (κ1) is 17.7. The highest BCUT2D eigenvalue weighted by Gasteiger charge is 2.33. The lowest BCUT2D eigenvalue weighted by molar-refractivity contribution is -0.119. The minimum atomic E-state index is -0.554. The first-order valence-corrected chi connectivity index (χ1v) is 8.77. The summed E-state index contributed by atoms with van der Waals surface area (Å²) in [6, 6.07) is 7.04. The number of aliphatic hydroxyl groups excluding tert-OH is 1. The molecule has 0 radical (unpaired) electrons. The van der Waals surface area contributed by atoms with Crippen LogP contribution >= 0.6 is 0 Å². The summed E-state index contributed by atoms with van der Waals surface area (Å²) in [4.78, 5) is 27.6. The molecule has 1 aromatic carbocycles. The lowest BCUT2D eigenvalue weighted by atomic mass is 10.1. The number of nitrogens with zero attached hydrogens (tertiary/aromatic N) is 2. The van der Waals surface area contributed by atoms with Crippen LogP contribution in [0.3, 0.4) is 0 Å². The minimum Gasteiger partial charge on any atom is -0.484 e. The van der Waals surface area contributed by atoms with Gasteiger partial charge in [-0.15, -0.1) is 0 Å². The van der Waals surface area contributed by atoms with Gasteiger partial charge in [0.05, 0.1) is 6.10 Å². The van der Waals surface area contributed by atoms with E-state index in [2.05, 4.69) is 4.90 Å². The first-order chi connectivity index (χ1) is 12.0. The Hall–Kier alpha value is -2.12. The van der Waals surface area contributed by atoms with Crippen LogP contribution in [0.25, 0.3) is 0 Å². The Morgan fingerprint density at radius 1 is 1.20 bits per heavy atom. The summed E-state index contributed by atoms with van der Waals surface area (Å²) in [6.45, 7) is 2.65. The second kappa shape index (κ2) is 7.84. The number of rotatable bonds is 5. The zero-order valence-corrected chi connectivity index (χ0v) is 14.3. The number of amides is 2. The highest BCUT2D eigenvalue weighted by Crippen LogP contribution is 2.25. The SMILES string of the molecule is NC(=O)COc1cccc(C(=O)N2CCN([C@H]3CCC[C@H]3O)CC2)c1. The minimum absolute atomic E-state index is 0.0452. The average Bonchev–Trinajstić information content (AvgIpc) is 3.06. The van der Waals surface area contributed by atoms with Gasteiger partial charge in [-0.2, -0.15) is 0 Å². The van der Waals surface area contributed by atoms with Gasteiger partial charge in [-0.1, -0.05) is 6.07 Å². The van der Waals surface area contributed by atoms with E-state index in [9.17, 15) is 14.7 Å². The Morgan fingerprint density at radius 3 is 2.60 bits per heavy atom. The quantitative estimate of drug-likeness (QED) is 0.794. The standard InChI is InChI=1S/C18H25N3O4/c19-17(23)12-25-14-4-1-3-13(11-14)18(24)21-9-7-20(8-10-21)15-5-2-6-16(15)22/h1,3-4,11,15-16,22H,2,5-10,12H2,(H2,19,23)/t15-,16+/m0/s1. The molecule has 0 spiro atoms. The summed E-state index contributed by atoms with van der Waals surface area (Å²) in [5, 5.41) is 10.0. The van der Waals surface area contributed by atoms with E-state index in [0.717, 1.165) is 32.4 Å². The predicted octanol–water partition coefficient (Wildman–Crippen LogP) is 0.222. The Kier molecular flexibility index (Phi) is 5.55. The Bertz CT molecular complexity index is 629. The van der Waals surface area contributed by atoms with Crippen molar-refractivity contribution in [3.8, 4) is 5.75 Å². The van der Waals surface area contributed by atoms with Crippen LogP contribution < -0.4 is 10.5 Å². The molecule has 2 amide bonds. The van der Waals surface area contributed by atoms with E-state index < -0.39 is 5.91 Å². The van der Waals surface area contributed by atoms with Crippen molar-refractivity contribution in [3.63, 3.8) is 0 Å². The second-order valence-electron chi connectivity index (χ2n) is 6.68. The van der Waals surface area contributed by atoms with Crippen LogP contribution in [0.1, 0.15) is 29.6 Å². The van der Waals surface area contributed by atoms with Crippen molar-refractivity contribution in [3.05, 3.63) is 29.8 Å². The van der Waals surface area contributed by atoms with Gasteiger partial charge in [0.15, 0.2) is 6.61 Å². The summed E-state index contributed by atoms with van der Waals surface area (Å²) in [5.74, 6) is -0.143. The fraction of sp³-hybridized carbons (Fsp3) is 0.556. The number of nitrogens with two attached hydrogens (primary N) is 1. The maximum Gasteiger partial charge on any atom is 0.255 e. The summed E-state index contributed by atoms with van der Waals surface area (Å²) in [5.41, 5.74) is 5.61. The van der Waals surface area contributed by atoms with Crippen molar-refractivity contribution in [2.75, 3.05) is 32.8 Å². The molecule has 2 fully saturated rings. The molecule has 2 aliphatic rings. The Labute approximate surface area is 147 Å². The molecule has 7 heteroatoms. The molecule has 2 atom stereocenters. The van der Waals surface area contributed by atoms with Gasteiger partial charge in [-0.05, 0) is 37.5 Å². The van der Waals surface area contributed by atoms with Crippen molar-refractivity contribution in [1.29, 1.82) is 0 Å². The lowest BCUT2D eigenvalue weighted by Gasteiger charge is -2.39. The number of hydrogen-bond acceptors (Lipinski definition) is 5. The molecule has 1 aliphatic carbocycles. The van der Waals surface area contributed by atoms with Crippen molar-refractivity contribution in [2.45, 2.75) is 31.4 Å². The molecule has 1 saturated carbocycles. The number of aliphatic hydroxyl groups is 1. The van der Waals surface area contributed by atoms with Gasteiger partial charge in [0.1, 0.15) is 5.75 Å². The number of carbonyl (C=O) groups excluding carboxylic acids is 2. The van der Waals surface area contributed by atoms with E-state index in [0.29, 0.717) is 24.4 Å². The summed E-state index contributed by atoms with van der Waals surface area (Å²) in [7, 11) is 0. The molecular formula is C18H25N3O4. The molecule has 1 heterocycles. The van der Waals surface area contributed by atoms with Gasteiger partial charge in [0.2, 0.25) is 0 Å². The van der Waals surface area contributed by atoms with Gasteiger partial charge >= 0.3 is 0 Å². The summed E-state index contributed by atoms with van der Waals surface area (Å²) < 4.78 is 5.26. The smallest absolute Gasteiger partial charge is 0.255 e. The van der Waals surface area contributed by atoms with Crippen LogP contribution in [0.15, 0.2) is 24.3 Å². The molecule has 1 saturated heterocycles.